The van der Waals surface area contributed by atoms with Crippen LogP contribution in [0.25, 0.3) is 10.9 Å². The van der Waals surface area contributed by atoms with E-state index in [1.54, 1.807) is 12.4 Å². The lowest BCUT2D eigenvalue weighted by Crippen LogP contribution is -2.57. The number of hydrogen-bond acceptors (Lipinski definition) is 5. The summed E-state index contributed by atoms with van der Waals surface area (Å²) in [5.74, 6) is 3.32. The minimum Gasteiger partial charge on any atom is -0.484 e. The van der Waals surface area contributed by atoms with Crippen LogP contribution in [0.2, 0.25) is 0 Å². The molecule has 0 amide bonds. The van der Waals surface area contributed by atoms with Gasteiger partial charge in [-0.05, 0) is 50.5 Å². The first-order chi connectivity index (χ1) is 12.5. The SMILES string of the molecule is C#Cc1cnc2ccc(OC(C)C(=S)NC3(C=NOC)CCC3)cc2c1. The smallest absolute Gasteiger partial charge is 0.146 e. The fraction of sp³-hybridized carbons (Fsp3) is 0.350. The van der Waals surface area contributed by atoms with Gasteiger partial charge in [0, 0.05) is 17.1 Å². The highest BCUT2D eigenvalue weighted by Gasteiger charge is 2.37. The highest BCUT2D eigenvalue weighted by Crippen LogP contribution is 2.30. The second-order valence-electron chi connectivity index (χ2n) is 6.40. The number of aromatic nitrogens is 1. The molecule has 0 saturated heterocycles. The number of oxime groups is 1. The maximum absolute atomic E-state index is 6.02. The van der Waals surface area contributed by atoms with Crippen molar-refractivity contribution in [3.8, 4) is 18.1 Å². The van der Waals surface area contributed by atoms with Gasteiger partial charge in [-0.15, -0.1) is 6.42 Å². The molecule has 0 radical (unpaired) electrons. The van der Waals surface area contributed by atoms with Gasteiger partial charge in [0.25, 0.3) is 0 Å². The van der Waals surface area contributed by atoms with E-state index in [4.69, 9.17) is 28.2 Å². The van der Waals surface area contributed by atoms with E-state index in [1.807, 2.05) is 31.2 Å². The molecule has 3 rings (SSSR count). The number of benzene rings is 1. The van der Waals surface area contributed by atoms with Crippen LogP contribution in [0, 0.1) is 12.3 Å². The van der Waals surface area contributed by atoms with Crippen molar-refractivity contribution in [2.45, 2.75) is 37.8 Å². The van der Waals surface area contributed by atoms with Gasteiger partial charge in [-0.2, -0.15) is 0 Å². The number of fused-ring (bicyclic) bond motifs is 1. The van der Waals surface area contributed by atoms with Gasteiger partial charge < -0.3 is 14.9 Å². The quantitative estimate of drug-likeness (QED) is 0.367. The summed E-state index contributed by atoms with van der Waals surface area (Å²) in [6, 6.07) is 7.64. The first-order valence-electron chi connectivity index (χ1n) is 8.48. The molecular formula is C20H21N3O2S. The molecule has 1 atom stereocenters. The third kappa shape index (κ3) is 3.94. The number of nitrogens with one attached hydrogen (secondary N) is 1. The third-order valence-corrected chi connectivity index (χ3v) is 4.96. The summed E-state index contributed by atoms with van der Waals surface area (Å²) in [4.78, 5) is 9.79. The second kappa shape index (κ2) is 7.71. The lowest BCUT2D eigenvalue weighted by molar-refractivity contribution is 0.205. The summed E-state index contributed by atoms with van der Waals surface area (Å²) in [5, 5.41) is 8.22. The van der Waals surface area contributed by atoms with E-state index in [2.05, 4.69) is 21.4 Å². The molecule has 0 bridgehead atoms. The Balaban J connectivity index is 1.70. The molecule has 5 nitrogen and oxygen atoms in total. The Labute approximate surface area is 158 Å². The number of thiocarbonyl (C=S) groups is 1. The first-order valence-corrected chi connectivity index (χ1v) is 8.89. The minimum atomic E-state index is -0.278. The van der Waals surface area contributed by atoms with E-state index >= 15 is 0 Å². The average molecular weight is 367 g/mol. The Kier molecular flexibility index (Phi) is 5.38. The lowest BCUT2D eigenvalue weighted by Gasteiger charge is -2.40. The molecule has 1 unspecified atom stereocenters. The fourth-order valence-corrected chi connectivity index (χ4v) is 3.12. The number of rotatable bonds is 6. The first kappa shape index (κ1) is 18.2. The monoisotopic (exact) mass is 367 g/mol. The zero-order valence-corrected chi connectivity index (χ0v) is 15.7. The van der Waals surface area contributed by atoms with Gasteiger partial charge in [-0.3, -0.25) is 4.98 Å². The van der Waals surface area contributed by atoms with E-state index in [9.17, 15) is 0 Å². The standard InChI is InChI=1S/C20H21N3O2S/c1-4-15-10-16-11-17(6-7-18(16)21-12-15)25-14(2)19(26)23-20(8-5-9-20)13-22-24-3/h1,6-7,10-14H,5,8-9H2,2-3H3,(H,23,26). The van der Waals surface area contributed by atoms with Gasteiger partial charge in [-0.25, -0.2) is 0 Å². The molecule has 2 aromatic rings. The van der Waals surface area contributed by atoms with Gasteiger partial charge in [0.05, 0.1) is 17.3 Å². The van der Waals surface area contributed by atoms with Gasteiger partial charge in [0.15, 0.2) is 0 Å². The highest BCUT2D eigenvalue weighted by molar-refractivity contribution is 7.80. The zero-order valence-electron chi connectivity index (χ0n) is 14.9. The normalized spacial score (nSPS) is 16.5. The second-order valence-corrected chi connectivity index (χ2v) is 6.84. The van der Waals surface area contributed by atoms with Crippen molar-refractivity contribution in [1.82, 2.24) is 10.3 Å². The third-order valence-electron chi connectivity index (χ3n) is 4.52. The Morgan fingerprint density at radius 3 is 2.92 bits per heavy atom. The molecule has 134 valence electrons. The molecule has 1 fully saturated rings. The van der Waals surface area contributed by atoms with Crippen LogP contribution in [-0.4, -0.2) is 34.9 Å². The Hall–Kier alpha value is -2.65. The fourth-order valence-electron chi connectivity index (χ4n) is 2.86. The molecule has 6 heteroatoms. The Morgan fingerprint density at radius 1 is 1.46 bits per heavy atom. The van der Waals surface area contributed by atoms with E-state index in [-0.39, 0.29) is 11.6 Å². The van der Waals surface area contributed by atoms with Crippen LogP contribution in [0.4, 0.5) is 0 Å². The molecule has 1 N–H and O–H groups in total. The van der Waals surface area contributed by atoms with Crippen LogP contribution in [0.5, 0.6) is 5.75 Å². The molecule has 26 heavy (non-hydrogen) atoms. The van der Waals surface area contributed by atoms with Crippen molar-refractivity contribution in [2.24, 2.45) is 5.16 Å². The van der Waals surface area contributed by atoms with E-state index in [0.29, 0.717) is 4.99 Å². The van der Waals surface area contributed by atoms with Crippen LogP contribution in [0.1, 0.15) is 31.7 Å². The summed E-state index contributed by atoms with van der Waals surface area (Å²) in [6.07, 6.45) is 11.7. The number of nitrogens with zero attached hydrogens (tertiary/aromatic N) is 2. The predicted octanol–water partition coefficient (Wildman–Crippen LogP) is 3.46. The van der Waals surface area contributed by atoms with Crippen molar-refractivity contribution in [2.75, 3.05) is 7.11 Å². The summed E-state index contributed by atoms with van der Waals surface area (Å²) in [5.41, 5.74) is 1.39. The Bertz CT molecular complexity index is 884. The van der Waals surface area contributed by atoms with Crippen molar-refractivity contribution in [1.29, 1.82) is 0 Å². The van der Waals surface area contributed by atoms with Crippen molar-refractivity contribution in [3.63, 3.8) is 0 Å². The molecule has 1 saturated carbocycles. The molecule has 1 aliphatic rings. The van der Waals surface area contributed by atoms with E-state index in [1.165, 1.54) is 7.11 Å². The van der Waals surface area contributed by atoms with Crippen molar-refractivity contribution in [3.05, 3.63) is 36.0 Å². The molecule has 0 aliphatic heterocycles. The molecule has 1 heterocycles. The minimum absolute atomic E-state index is 0.223. The van der Waals surface area contributed by atoms with Crippen molar-refractivity contribution < 1.29 is 9.57 Å². The largest absolute Gasteiger partial charge is 0.484 e. The number of hydrogen-bond donors (Lipinski definition) is 1. The van der Waals surface area contributed by atoms with Crippen LogP contribution in [-0.2, 0) is 4.84 Å². The van der Waals surface area contributed by atoms with E-state index < -0.39 is 0 Å². The van der Waals surface area contributed by atoms with Crippen LogP contribution in [0.3, 0.4) is 0 Å². The molecular weight excluding hydrogens is 346 g/mol. The highest BCUT2D eigenvalue weighted by atomic mass is 32.1. The predicted molar refractivity (Wildman–Crippen MR) is 108 cm³/mol. The van der Waals surface area contributed by atoms with Crippen LogP contribution < -0.4 is 10.1 Å². The van der Waals surface area contributed by atoms with Gasteiger partial charge in [-0.1, -0.05) is 23.3 Å². The summed E-state index contributed by atoms with van der Waals surface area (Å²) in [6.45, 7) is 1.93. The average Bonchev–Trinajstić information content (AvgIpc) is 2.62. The molecule has 1 aliphatic carbocycles. The maximum Gasteiger partial charge on any atom is 0.146 e. The van der Waals surface area contributed by atoms with Crippen molar-refractivity contribution >= 4 is 34.3 Å². The summed E-state index contributed by atoms with van der Waals surface area (Å²) in [7, 11) is 1.53. The van der Waals surface area contributed by atoms with Gasteiger partial charge >= 0.3 is 0 Å². The zero-order chi connectivity index (χ0) is 18.6. The number of terminal acetylenes is 1. The number of pyridine rings is 1. The van der Waals surface area contributed by atoms with Gasteiger partial charge in [0.1, 0.15) is 24.0 Å². The summed E-state index contributed by atoms with van der Waals surface area (Å²) < 4.78 is 6.02. The molecule has 1 aromatic carbocycles. The number of ether oxygens (including phenoxy) is 1. The van der Waals surface area contributed by atoms with Crippen LogP contribution in [0.15, 0.2) is 35.6 Å². The van der Waals surface area contributed by atoms with Gasteiger partial charge in [0.2, 0.25) is 0 Å². The van der Waals surface area contributed by atoms with E-state index in [0.717, 1.165) is 41.5 Å². The maximum atomic E-state index is 6.02. The lowest BCUT2D eigenvalue weighted by atomic mass is 9.77. The molecule has 0 spiro atoms. The Morgan fingerprint density at radius 2 is 2.27 bits per heavy atom. The van der Waals surface area contributed by atoms with Crippen LogP contribution >= 0.6 is 12.2 Å². The topological polar surface area (TPSA) is 55.7 Å². The molecule has 1 aromatic heterocycles. The summed E-state index contributed by atoms with van der Waals surface area (Å²) >= 11 is 5.53.